The Morgan fingerprint density at radius 2 is 2.35 bits per heavy atom. The van der Waals surface area contributed by atoms with E-state index in [2.05, 4.69) is 0 Å². The summed E-state index contributed by atoms with van der Waals surface area (Å²) < 4.78 is 19.0. The van der Waals surface area contributed by atoms with E-state index in [0.29, 0.717) is 12.2 Å². The maximum atomic E-state index is 13.1. The highest BCUT2D eigenvalue weighted by Crippen LogP contribution is 2.41. The van der Waals surface area contributed by atoms with Crippen LogP contribution >= 0.6 is 23.4 Å². The van der Waals surface area contributed by atoms with Crippen molar-refractivity contribution in [2.75, 3.05) is 18.1 Å². The van der Waals surface area contributed by atoms with E-state index in [9.17, 15) is 9.18 Å². The van der Waals surface area contributed by atoms with Gasteiger partial charge in [0.25, 0.3) is 0 Å². The zero-order valence-corrected chi connectivity index (χ0v) is 12.6. The molecule has 1 aromatic carbocycles. The number of rotatable bonds is 2. The molecule has 0 radical (unpaired) electrons. The quantitative estimate of drug-likeness (QED) is 0.773. The summed E-state index contributed by atoms with van der Waals surface area (Å²) >= 11 is 7.88. The third kappa shape index (κ3) is 2.74. The van der Waals surface area contributed by atoms with Gasteiger partial charge in [0.1, 0.15) is 5.82 Å². The summed E-state index contributed by atoms with van der Waals surface area (Å²) in [5.41, 5.74) is 0.302. The van der Waals surface area contributed by atoms with Crippen molar-refractivity contribution in [2.24, 2.45) is 5.92 Å². The molecule has 2 saturated heterocycles. The molecule has 2 atom stereocenters. The number of carbonyl (C=O) groups excluding carboxylic acids is 1. The van der Waals surface area contributed by atoms with Gasteiger partial charge in [-0.3, -0.25) is 4.79 Å². The molecule has 0 amide bonds. The number of hydrogen-bond acceptors (Lipinski definition) is 3. The normalized spacial score (nSPS) is 29.8. The van der Waals surface area contributed by atoms with E-state index in [-0.39, 0.29) is 22.3 Å². The van der Waals surface area contributed by atoms with Crippen LogP contribution in [-0.2, 0) is 4.74 Å². The first kappa shape index (κ1) is 14.4. The van der Waals surface area contributed by atoms with Crippen molar-refractivity contribution >= 4 is 29.1 Å². The molecule has 2 nitrogen and oxygen atoms in total. The van der Waals surface area contributed by atoms with Gasteiger partial charge in [0.15, 0.2) is 5.78 Å². The Morgan fingerprint density at radius 1 is 1.50 bits per heavy atom. The van der Waals surface area contributed by atoms with Crippen molar-refractivity contribution in [1.29, 1.82) is 0 Å². The van der Waals surface area contributed by atoms with Crippen molar-refractivity contribution in [2.45, 2.75) is 24.9 Å². The lowest BCUT2D eigenvalue weighted by Crippen LogP contribution is -2.42. The van der Waals surface area contributed by atoms with Crippen LogP contribution in [0.2, 0.25) is 5.02 Å². The Morgan fingerprint density at radius 3 is 3.05 bits per heavy atom. The number of benzene rings is 1. The monoisotopic (exact) mass is 314 g/mol. The third-order valence-corrected chi connectivity index (χ3v) is 5.66. The topological polar surface area (TPSA) is 26.3 Å². The highest BCUT2D eigenvalue weighted by atomic mass is 35.5. The molecule has 2 aliphatic heterocycles. The average molecular weight is 315 g/mol. The third-order valence-electron chi connectivity index (χ3n) is 4.13. The highest BCUT2D eigenvalue weighted by Gasteiger charge is 2.42. The van der Waals surface area contributed by atoms with Crippen LogP contribution in [0, 0.1) is 11.7 Å². The fourth-order valence-corrected chi connectivity index (χ4v) is 4.66. The number of Topliss-reactive ketones (excluding diaryl/α,β-unsaturated/α-hetero) is 1. The summed E-state index contributed by atoms with van der Waals surface area (Å²) in [5.74, 6) is 1.61. The molecule has 2 heterocycles. The summed E-state index contributed by atoms with van der Waals surface area (Å²) in [4.78, 5) is 12.6. The molecule has 2 aliphatic rings. The van der Waals surface area contributed by atoms with Crippen LogP contribution in [0.3, 0.4) is 0 Å². The lowest BCUT2D eigenvalue weighted by atomic mass is 9.81. The standard InChI is InChI=1S/C15H16ClFO2S/c16-13-7-11(17)1-2-12(13)14(18)10-3-5-19-15(8-10)4-6-20-9-15/h1-2,7,10H,3-6,8-9H2. The predicted molar refractivity (Wildman–Crippen MR) is 79.1 cm³/mol. The molecular formula is C15H16ClFO2S. The molecule has 0 bridgehead atoms. The Kier molecular flexibility index (Phi) is 4.07. The van der Waals surface area contributed by atoms with Gasteiger partial charge < -0.3 is 4.74 Å². The minimum Gasteiger partial charge on any atom is -0.374 e. The largest absolute Gasteiger partial charge is 0.374 e. The number of ether oxygens (including phenoxy) is 1. The van der Waals surface area contributed by atoms with E-state index in [1.165, 1.54) is 18.2 Å². The maximum Gasteiger partial charge on any atom is 0.167 e. The van der Waals surface area contributed by atoms with Crippen molar-refractivity contribution in [3.05, 3.63) is 34.6 Å². The van der Waals surface area contributed by atoms with Crippen LogP contribution in [0.1, 0.15) is 29.6 Å². The number of ketones is 1. The zero-order valence-electron chi connectivity index (χ0n) is 11.0. The van der Waals surface area contributed by atoms with Crippen molar-refractivity contribution in [3.63, 3.8) is 0 Å². The van der Waals surface area contributed by atoms with Crippen LogP contribution in [0.15, 0.2) is 18.2 Å². The molecule has 2 unspecified atom stereocenters. The lowest BCUT2D eigenvalue weighted by molar-refractivity contribution is -0.0734. The van der Waals surface area contributed by atoms with Gasteiger partial charge >= 0.3 is 0 Å². The van der Waals surface area contributed by atoms with Crippen molar-refractivity contribution < 1.29 is 13.9 Å². The molecule has 0 N–H and O–H groups in total. The van der Waals surface area contributed by atoms with Crippen LogP contribution in [0.25, 0.3) is 0 Å². The Labute approximate surface area is 127 Å². The van der Waals surface area contributed by atoms with Gasteiger partial charge in [0, 0.05) is 23.8 Å². The fraction of sp³-hybridized carbons (Fsp3) is 0.533. The summed E-state index contributed by atoms with van der Waals surface area (Å²) in [6.07, 6.45) is 2.49. The first-order valence-electron chi connectivity index (χ1n) is 6.81. The minimum atomic E-state index is -0.415. The van der Waals surface area contributed by atoms with Crippen LogP contribution in [-0.4, -0.2) is 29.5 Å². The van der Waals surface area contributed by atoms with Gasteiger partial charge in [0.05, 0.1) is 10.6 Å². The first-order valence-corrected chi connectivity index (χ1v) is 8.34. The molecule has 1 spiro atoms. The SMILES string of the molecule is O=C(c1ccc(F)cc1Cl)C1CCOC2(CCSC2)C1. The van der Waals surface area contributed by atoms with Gasteiger partial charge in [-0.05, 0) is 43.2 Å². The highest BCUT2D eigenvalue weighted by molar-refractivity contribution is 7.99. The number of hydrogen-bond donors (Lipinski definition) is 0. The number of thioether (sulfide) groups is 1. The van der Waals surface area contributed by atoms with Crippen LogP contribution < -0.4 is 0 Å². The molecule has 0 aliphatic carbocycles. The van der Waals surface area contributed by atoms with Gasteiger partial charge in [-0.2, -0.15) is 11.8 Å². The number of halogens is 2. The Hall–Kier alpha value is -0.580. The van der Waals surface area contributed by atoms with Crippen molar-refractivity contribution in [1.82, 2.24) is 0 Å². The first-order chi connectivity index (χ1) is 9.60. The lowest BCUT2D eigenvalue weighted by Gasteiger charge is -2.37. The zero-order chi connectivity index (χ0) is 14.2. The van der Waals surface area contributed by atoms with E-state index in [4.69, 9.17) is 16.3 Å². The van der Waals surface area contributed by atoms with Crippen molar-refractivity contribution in [3.8, 4) is 0 Å². The summed E-state index contributed by atoms with van der Waals surface area (Å²) in [7, 11) is 0. The second-order valence-electron chi connectivity index (χ2n) is 5.51. The van der Waals surface area contributed by atoms with Gasteiger partial charge in [0.2, 0.25) is 0 Å². The Balaban J connectivity index is 1.79. The average Bonchev–Trinajstić information content (AvgIpc) is 2.86. The summed E-state index contributed by atoms with van der Waals surface area (Å²) in [6, 6.07) is 3.99. The molecule has 5 heteroatoms. The molecule has 1 aromatic rings. The van der Waals surface area contributed by atoms with E-state index < -0.39 is 5.82 Å². The fourth-order valence-electron chi connectivity index (χ4n) is 3.02. The molecule has 2 fully saturated rings. The molecule has 0 saturated carbocycles. The Bertz CT molecular complexity index is 529. The molecule has 3 rings (SSSR count). The van der Waals surface area contributed by atoms with Crippen LogP contribution in [0.5, 0.6) is 0 Å². The summed E-state index contributed by atoms with van der Waals surface area (Å²) in [5, 5.41) is 0.205. The van der Waals surface area contributed by atoms with E-state index in [1.807, 2.05) is 11.8 Å². The van der Waals surface area contributed by atoms with Gasteiger partial charge in [-0.15, -0.1) is 0 Å². The number of carbonyl (C=O) groups is 1. The minimum absolute atomic E-state index is 0.0228. The maximum absolute atomic E-state index is 13.1. The smallest absolute Gasteiger partial charge is 0.167 e. The van der Waals surface area contributed by atoms with Gasteiger partial charge in [-0.1, -0.05) is 11.6 Å². The molecule has 20 heavy (non-hydrogen) atoms. The molecular weight excluding hydrogens is 299 g/mol. The molecule has 108 valence electrons. The van der Waals surface area contributed by atoms with Gasteiger partial charge in [-0.25, -0.2) is 4.39 Å². The van der Waals surface area contributed by atoms with E-state index >= 15 is 0 Å². The second kappa shape index (κ2) is 5.66. The summed E-state index contributed by atoms with van der Waals surface area (Å²) in [6.45, 7) is 0.621. The molecule has 0 aromatic heterocycles. The second-order valence-corrected chi connectivity index (χ2v) is 7.02. The van der Waals surface area contributed by atoms with Crippen LogP contribution in [0.4, 0.5) is 4.39 Å². The van der Waals surface area contributed by atoms with E-state index in [0.717, 1.165) is 30.8 Å². The predicted octanol–water partition coefficient (Wildman–Crippen LogP) is 3.96. The van der Waals surface area contributed by atoms with E-state index in [1.54, 1.807) is 0 Å².